The second-order valence-corrected chi connectivity index (χ2v) is 14.7. The maximum atomic E-state index is 9.90. The Morgan fingerprint density at radius 1 is 0.258 bits per heavy atom. The first-order chi connectivity index (χ1) is 30.7. The number of aromatic nitrogens is 5. The molecule has 0 N–H and O–H groups in total. The van der Waals surface area contributed by atoms with Crippen LogP contribution in [0.2, 0.25) is 0 Å². The van der Waals surface area contributed by atoms with Gasteiger partial charge in [0.1, 0.15) is 0 Å². The van der Waals surface area contributed by atoms with Crippen molar-refractivity contribution < 1.29 is 0 Å². The molecule has 0 amide bonds. The molecule has 2 heterocycles. The van der Waals surface area contributed by atoms with E-state index in [0.29, 0.717) is 28.9 Å². The fourth-order valence-corrected chi connectivity index (χ4v) is 7.86. The monoisotopic (exact) mass is 792 g/mol. The lowest BCUT2D eigenvalue weighted by Gasteiger charge is -2.17. The molecule has 6 heteroatoms. The second kappa shape index (κ2) is 16.9. The summed E-state index contributed by atoms with van der Waals surface area (Å²) in [6, 6.07) is 75.6. The zero-order chi connectivity index (χ0) is 41.7. The van der Waals surface area contributed by atoms with Crippen LogP contribution < -0.4 is 0 Å². The first kappa shape index (κ1) is 37.6. The van der Waals surface area contributed by atoms with E-state index in [0.717, 1.165) is 78.1 Å². The van der Waals surface area contributed by atoms with Crippen molar-refractivity contribution in [2.75, 3.05) is 0 Å². The van der Waals surface area contributed by atoms with Gasteiger partial charge in [0.05, 0.1) is 23.0 Å². The summed E-state index contributed by atoms with van der Waals surface area (Å²) in [7, 11) is 0. The molecule has 0 radical (unpaired) electrons. The third kappa shape index (κ3) is 7.54. The van der Waals surface area contributed by atoms with Crippen LogP contribution in [-0.2, 0) is 0 Å². The van der Waals surface area contributed by atoms with Crippen LogP contribution in [0.4, 0.5) is 0 Å². The van der Waals surface area contributed by atoms with Gasteiger partial charge in [-0.2, -0.15) is 5.26 Å². The van der Waals surface area contributed by atoms with Crippen LogP contribution in [0.15, 0.2) is 218 Å². The highest BCUT2D eigenvalue weighted by atomic mass is 15.0. The average Bonchev–Trinajstić information content (AvgIpc) is 3.37. The minimum Gasteiger partial charge on any atom is -0.228 e. The maximum Gasteiger partial charge on any atom is 0.164 e. The van der Waals surface area contributed by atoms with E-state index in [2.05, 4.69) is 97.1 Å². The molecule has 10 rings (SSSR count). The van der Waals surface area contributed by atoms with Gasteiger partial charge in [-0.1, -0.05) is 200 Å². The molecule has 0 aliphatic carbocycles. The molecule has 6 nitrogen and oxygen atoms in total. The molecule has 0 bridgehead atoms. The van der Waals surface area contributed by atoms with Crippen molar-refractivity contribution in [2.45, 2.75) is 0 Å². The minimum absolute atomic E-state index is 0.531. The standard InChI is InChI=1S/C56H36N6/c57-37-43-25-10-11-28-44(43)41-26-18-27-42(35-41)54-60-53(40-23-8-3-9-24-40)61-56(62-54)50-34-17-15-32-48(50)46-30-13-12-29-45(46)47-31-14-16-33-49(47)55-58-51(38-19-4-1-5-20-38)36-52(59-55)39-21-6-2-7-22-39/h1-36H. The van der Waals surface area contributed by atoms with Crippen LogP contribution >= 0.6 is 0 Å². The van der Waals surface area contributed by atoms with Crippen molar-refractivity contribution in [2.24, 2.45) is 0 Å². The van der Waals surface area contributed by atoms with Gasteiger partial charge >= 0.3 is 0 Å². The van der Waals surface area contributed by atoms with Crippen LogP contribution in [-0.4, -0.2) is 24.9 Å². The van der Waals surface area contributed by atoms with E-state index >= 15 is 0 Å². The van der Waals surface area contributed by atoms with Crippen molar-refractivity contribution in [3.05, 3.63) is 224 Å². The quantitative estimate of drug-likeness (QED) is 0.145. The maximum absolute atomic E-state index is 9.90. The number of hydrogen-bond donors (Lipinski definition) is 0. The van der Waals surface area contributed by atoms with Crippen LogP contribution in [0, 0.1) is 11.3 Å². The van der Waals surface area contributed by atoms with E-state index in [4.69, 9.17) is 24.9 Å². The molecule has 2 aromatic heterocycles. The smallest absolute Gasteiger partial charge is 0.164 e. The third-order valence-electron chi connectivity index (χ3n) is 10.9. The lowest BCUT2D eigenvalue weighted by Crippen LogP contribution is -2.01. The van der Waals surface area contributed by atoms with Crippen LogP contribution in [0.3, 0.4) is 0 Å². The Labute approximate surface area is 360 Å². The Hall–Kier alpha value is -8.66. The summed E-state index contributed by atoms with van der Waals surface area (Å²) in [5, 5.41) is 9.90. The molecule has 0 aliphatic heterocycles. The lowest BCUT2D eigenvalue weighted by molar-refractivity contribution is 1.07. The first-order valence-electron chi connectivity index (χ1n) is 20.4. The molecular formula is C56H36N6. The predicted octanol–water partition coefficient (Wildman–Crippen LogP) is 13.5. The molecule has 10 aromatic rings. The zero-order valence-corrected chi connectivity index (χ0v) is 33.5. The van der Waals surface area contributed by atoms with Gasteiger partial charge in [0.25, 0.3) is 0 Å². The molecule has 0 atom stereocenters. The number of nitrogens with zero attached hydrogens (tertiary/aromatic N) is 6. The highest BCUT2D eigenvalue weighted by Crippen LogP contribution is 2.41. The van der Waals surface area contributed by atoms with Gasteiger partial charge in [0.2, 0.25) is 0 Å². The van der Waals surface area contributed by atoms with Gasteiger partial charge in [-0.25, -0.2) is 24.9 Å². The Morgan fingerprint density at radius 2 is 0.613 bits per heavy atom. The van der Waals surface area contributed by atoms with Gasteiger partial charge < -0.3 is 0 Å². The van der Waals surface area contributed by atoms with Crippen molar-refractivity contribution in [3.8, 4) is 108 Å². The summed E-state index contributed by atoms with van der Waals surface area (Å²) in [4.78, 5) is 25.8. The number of benzene rings is 8. The Kier molecular flexibility index (Phi) is 10.3. The van der Waals surface area contributed by atoms with Crippen molar-refractivity contribution in [1.29, 1.82) is 5.26 Å². The van der Waals surface area contributed by atoms with Gasteiger partial charge in [0, 0.05) is 33.4 Å². The van der Waals surface area contributed by atoms with Crippen LogP contribution in [0.1, 0.15) is 5.56 Å². The van der Waals surface area contributed by atoms with E-state index in [1.807, 2.05) is 127 Å². The highest BCUT2D eigenvalue weighted by Gasteiger charge is 2.21. The van der Waals surface area contributed by atoms with E-state index in [1.165, 1.54) is 0 Å². The molecule has 0 unspecified atom stereocenters. The van der Waals surface area contributed by atoms with Gasteiger partial charge in [0.15, 0.2) is 23.3 Å². The third-order valence-corrected chi connectivity index (χ3v) is 10.9. The Bertz CT molecular complexity index is 3190. The molecule has 8 aromatic carbocycles. The van der Waals surface area contributed by atoms with Crippen molar-refractivity contribution in [3.63, 3.8) is 0 Å². The van der Waals surface area contributed by atoms with Crippen LogP contribution in [0.5, 0.6) is 0 Å². The molecular weight excluding hydrogens is 757 g/mol. The lowest BCUT2D eigenvalue weighted by atomic mass is 9.89. The van der Waals surface area contributed by atoms with E-state index in [9.17, 15) is 5.26 Å². The summed E-state index contributed by atoms with van der Waals surface area (Å²) < 4.78 is 0. The summed E-state index contributed by atoms with van der Waals surface area (Å²) in [6.07, 6.45) is 0. The van der Waals surface area contributed by atoms with Crippen LogP contribution in [0.25, 0.3) is 101 Å². The largest absolute Gasteiger partial charge is 0.228 e. The van der Waals surface area contributed by atoms with Gasteiger partial charge in [-0.15, -0.1) is 0 Å². The number of nitriles is 1. The molecule has 0 fully saturated rings. The SMILES string of the molecule is N#Cc1ccccc1-c1cccc(-c2nc(-c3ccccc3)nc(-c3ccccc3-c3ccccc3-c3ccccc3-c3nc(-c4ccccc4)cc(-c4ccccc4)n3)n2)c1. The molecule has 290 valence electrons. The zero-order valence-electron chi connectivity index (χ0n) is 33.5. The number of hydrogen-bond acceptors (Lipinski definition) is 6. The normalized spacial score (nSPS) is 10.9. The highest BCUT2D eigenvalue weighted by molar-refractivity contribution is 5.95. The van der Waals surface area contributed by atoms with E-state index in [1.54, 1.807) is 0 Å². The molecule has 0 saturated carbocycles. The summed E-state index contributed by atoms with van der Waals surface area (Å²) >= 11 is 0. The number of rotatable bonds is 9. The fourth-order valence-electron chi connectivity index (χ4n) is 7.86. The van der Waals surface area contributed by atoms with Gasteiger partial charge in [-0.3, -0.25) is 0 Å². The topological polar surface area (TPSA) is 88.2 Å². The molecule has 0 aliphatic rings. The van der Waals surface area contributed by atoms with Crippen molar-refractivity contribution >= 4 is 0 Å². The average molecular weight is 793 g/mol. The summed E-state index contributed by atoms with van der Waals surface area (Å²) in [5.74, 6) is 2.27. The predicted molar refractivity (Wildman–Crippen MR) is 249 cm³/mol. The van der Waals surface area contributed by atoms with Gasteiger partial charge in [-0.05, 0) is 51.6 Å². The van der Waals surface area contributed by atoms with E-state index < -0.39 is 0 Å². The molecule has 0 saturated heterocycles. The molecule has 0 spiro atoms. The summed E-state index contributed by atoms with van der Waals surface area (Å²) in [6.45, 7) is 0. The molecule has 62 heavy (non-hydrogen) atoms. The Morgan fingerprint density at radius 3 is 1.13 bits per heavy atom. The Balaban J connectivity index is 1.13. The first-order valence-corrected chi connectivity index (χ1v) is 20.4. The second-order valence-electron chi connectivity index (χ2n) is 14.7. The summed E-state index contributed by atoms with van der Waals surface area (Å²) in [5.41, 5.74) is 13.6. The van der Waals surface area contributed by atoms with E-state index in [-0.39, 0.29) is 0 Å². The van der Waals surface area contributed by atoms with Crippen molar-refractivity contribution in [1.82, 2.24) is 24.9 Å². The fraction of sp³-hybridized carbons (Fsp3) is 0. The minimum atomic E-state index is 0.531.